The zero-order chi connectivity index (χ0) is 5.86. The molecule has 0 nitrogen and oxygen atoms in total. The summed E-state index contributed by atoms with van der Waals surface area (Å²) < 4.78 is 0. The molecule has 0 spiro atoms. The molecule has 0 bridgehead atoms. The maximum absolute atomic E-state index is 2.41. The van der Waals surface area contributed by atoms with Crippen molar-refractivity contribution in [1.82, 2.24) is 0 Å². The van der Waals surface area contributed by atoms with E-state index in [0.717, 1.165) is 5.92 Å². The van der Waals surface area contributed by atoms with Crippen molar-refractivity contribution in [3.63, 3.8) is 0 Å². The molecule has 0 rings (SSSR count). The molecule has 0 N–H and O–H groups in total. The summed E-state index contributed by atoms with van der Waals surface area (Å²) in [6.45, 7) is 4.60. The van der Waals surface area contributed by atoms with Crippen LogP contribution in [0.4, 0.5) is 0 Å². The molecule has 0 aromatic heterocycles. The third-order valence-corrected chi connectivity index (χ3v) is 3.79. The molecule has 0 aromatic carbocycles. The first kappa shape index (κ1) is 7.56. The summed E-state index contributed by atoms with van der Waals surface area (Å²) in [5.74, 6) is 0.940. The molecular weight excluding hydrogens is 147 g/mol. The SMILES string of the molecule is CC(C)C[As](C)C. The fraction of sp³-hybridized carbons (Fsp3) is 1.00. The Morgan fingerprint density at radius 1 is 1.29 bits per heavy atom. The van der Waals surface area contributed by atoms with Gasteiger partial charge in [-0.1, -0.05) is 0 Å². The van der Waals surface area contributed by atoms with E-state index in [0.29, 0.717) is 0 Å². The van der Waals surface area contributed by atoms with Crippen LogP contribution in [0.3, 0.4) is 0 Å². The zero-order valence-electron chi connectivity index (χ0n) is 5.73. The van der Waals surface area contributed by atoms with Crippen molar-refractivity contribution in [2.45, 2.75) is 30.5 Å². The molecule has 0 heterocycles. The van der Waals surface area contributed by atoms with Gasteiger partial charge in [-0.25, -0.2) is 0 Å². The fourth-order valence-corrected chi connectivity index (χ4v) is 3.79. The maximum atomic E-state index is 2.41. The average molecular weight is 162 g/mol. The van der Waals surface area contributed by atoms with Gasteiger partial charge in [-0.15, -0.1) is 0 Å². The van der Waals surface area contributed by atoms with Gasteiger partial charge in [0, 0.05) is 0 Å². The molecule has 0 radical (unpaired) electrons. The van der Waals surface area contributed by atoms with Crippen LogP contribution in [0, 0.1) is 5.92 Å². The number of hydrogen-bond donors (Lipinski definition) is 0. The fourth-order valence-electron chi connectivity index (χ4n) is 0.730. The van der Waals surface area contributed by atoms with Gasteiger partial charge >= 0.3 is 51.0 Å². The van der Waals surface area contributed by atoms with Gasteiger partial charge in [0.25, 0.3) is 0 Å². The molecule has 0 amide bonds. The van der Waals surface area contributed by atoms with Crippen LogP contribution in [0.1, 0.15) is 13.8 Å². The van der Waals surface area contributed by atoms with Gasteiger partial charge in [0.05, 0.1) is 0 Å². The second-order valence-electron chi connectivity index (χ2n) is 2.66. The van der Waals surface area contributed by atoms with Crippen LogP contribution in [0.15, 0.2) is 0 Å². The van der Waals surface area contributed by atoms with Crippen LogP contribution in [0.25, 0.3) is 0 Å². The van der Waals surface area contributed by atoms with Gasteiger partial charge in [-0.3, -0.25) is 0 Å². The first-order valence-electron chi connectivity index (χ1n) is 2.77. The van der Waals surface area contributed by atoms with E-state index in [2.05, 4.69) is 25.3 Å². The summed E-state index contributed by atoms with van der Waals surface area (Å²) in [5.41, 5.74) is 4.82. The Morgan fingerprint density at radius 2 is 1.71 bits per heavy atom. The second kappa shape index (κ2) is 3.55. The summed E-state index contributed by atoms with van der Waals surface area (Å²) in [5, 5.41) is 1.51. The minimum absolute atomic E-state index is 0.284. The van der Waals surface area contributed by atoms with Crippen LogP contribution < -0.4 is 0 Å². The molecule has 0 aliphatic rings. The molecule has 44 valence electrons. The van der Waals surface area contributed by atoms with E-state index in [9.17, 15) is 0 Å². The Kier molecular flexibility index (Phi) is 3.83. The molecule has 0 aromatic rings. The summed E-state index contributed by atoms with van der Waals surface area (Å²) in [7, 11) is 0. The summed E-state index contributed by atoms with van der Waals surface area (Å²) in [4.78, 5) is 0. The van der Waals surface area contributed by atoms with Gasteiger partial charge in [0.2, 0.25) is 0 Å². The van der Waals surface area contributed by atoms with Crippen LogP contribution in [-0.4, -0.2) is 14.7 Å². The van der Waals surface area contributed by atoms with Crippen molar-refractivity contribution in [3.05, 3.63) is 0 Å². The van der Waals surface area contributed by atoms with Crippen molar-refractivity contribution >= 4 is 14.7 Å². The second-order valence-corrected chi connectivity index (χ2v) is 7.95. The van der Waals surface area contributed by atoms with E-state index >= 15 is 0 Å². The van der Waals surface area contributed by atoms with Crippen molar-refractivity contribution in [2.24, 2.45) is 5.92 Å². The quantitative estimate of drug-likeness (QED) is 0.547. The van der Waals surface area contributed by atoms with Crippen LogP contribution >= 0.6 is 0 Å². The topological polar surface area (TPSA) is 0 Å². The van der Waals surface area contributed by atoms with E-state index in [1.165, 1.54) is 5.21 Å². The monoisotopic (exact) mass is 162 g/mol. The number of rotatable bonds is 2. The molecular formula is C6H15As. The molecule has 1 heteroatoms. The average Bonchev–Trinajstić information content (AvgIpc) is 1.27. The Morgan fingerprint density at radius 3 is 1.71 bits per heavy atom. The van der Waals surface area contributed by atoms with Crippen molar-refractivity contribution in [2.75, 3.05) is 0 Å². The van der Waals surface area contributed by atoms with Gasteiger partial charge < -0.3 is 0 Å². The summed E-state index contributed by atoms with van der Waals surface area (Å²) in [6, 6.07) is 0. The van der Waals surface area contributed by atoms with E-state index in [4.69, 9.17) is 0 Å². The van der Waals surface area contributed by atoms with E-state index < -0.39 is 0 Å². The minimum atomic E-state index is -0.284. The number of hydrogen-bond acceptors (Lipinski definition) is 0. The van der Waals surface area contributed by atoms with Crippen LogP contribution in [0.2, 0.25) is 16.6 Å². The van der Waals surface area contributed by atoms with E-state index in [-0.39, 0.29) is 14.7 Å². The molecule has 0 aliphatic carbocycles. The van der Waals surface area contributed by atoms with Crippen LogP contribution in [-0.2, 0) is 0 Å². The molecule has 0 fully saturated rings. The first-order valence-corrected chi connectivity index (χ1v) is 7.85. The van der Waals surface area contributed by atoms with Crippen LogP contribution in [0.5, 0.6) is 0 Å². The first-order chi connectivity index (χ1) is 3.13. The third-order valence-electron chi connectivity index (χ3n) is 0.730. The van der Waals surface area contributed by atoms with Crippen molar-refractivity contribution in [3.8, 4) is 0 Å². The normalized spacial score (nSPS) is 11.1. The summed E-state index contributed by atoms with van der Waals surface area (Å²) >= 11 is -0.284. The Bertz CT molecular complexity index is 33.4. The van der Waals surface area contributed by atoms with Crippen molar-refractivity contribution in [1.29, 1.82) is 0 Å². The van der Waals surface area contributed by atoms with Crippen molar-refractivity contribution < 1.29 is 0 Å². The molecule has 0 atom stereocenters. The Balaban J connectivity index is 2.95. The Hall–Kier alpha value is 0.558. The van der Waals surface area contributed by atoms with Gasteiger partial charge in [-0.2, -0.15) is 0 Å². The third kappa shape index (κ3) is 6.56. The molecule has 0 unspecified atom stereocenters. The zero-order valence-corrected chi connectivity index (χ0v) is 7.61. The van der Waals surface area contributed by atoms with Gasteiger partial charge in [0.1, 0.15) is 0 Å². The summed E-state index contributed by atoms with van der Waals surface area (Å²) in [6.07, 6.45) is 0. The standard InChI is InChI=1S/C6H15As/c1-6(2)5-7(3)4/h6H,5H2,1-4H3. The van der Waals surface area contributed by atoms with Gasteiger partial charge in [-0.05, 0) is 0 Å². The molecule has 0 aliphatic heterocycles. The predicted octanol–water partition coefficient (Wildman–Crippen LogP) is 2.40. The van der Waals surface area contributed by atoms with E-state index in [1.807, 2.05) is 0 Å². The molecule has 0 saturated carbocycles. The molecule has 7 heavy (non-hydrogen) atoms. The van der Waals surface area contributed by atoms with Gasteiger partial charge in [0.15, 0.2) is 0 Å². The molecule has 0 saturated heterocycles. The Labute approximate surface area is 51.6 Å². The predicted molar refractivity (Wildman–Crippen MR) is 37.1 cm³/mol. The van der Waals surface area contributed by atoms with E-state index in [1.54, 1.807) is 0 Å².